The number of fused-ring (bicyclic) bond motifs is 3. The fraction of sp³-hybridized carbons (Fsp3) is 0.192. The number of carboxylic acid groups (broad SMARTS) is 1. The lowest BCUT2D eigenvalue weighted by molar-refractivity contribution is -0.131. The van der Waals surface area contributed by atoms with Crippen molar-refractivity contribution >= 4 is 46.2 Å². The van der Waals surface area contributed by atoms with Crippen molar-refractivity contribution in [3.05, 3.63) is 79.9 Å². The van der Waals surface area contributed by atoms with Crippen molar-refractivity contribution in [2.45, 2.75) is 34.1 Å². The van der Waals surface area contributed by atoms with E-state index in [-0.39, 0.29) is 0 Å². The summed E-state index contributed by atoms with van der Waals surface area (Å²) in [5, 5.41) is 11.6. The number of aromatic nitrogens is 3. The number of carboxylic acids is 1. The number of benzene rings is 1. The highest BCUT2D eigenvalue weighted by atomic mass is 32.1. The summed E-state index contributed by atoms with van der Waals surface area (Å²) < 4.78 is 2.12. The number of hydrogen-bond acceptors (Lipinski definition) is 4. The quantitative estimate of drug-likeness (QED) is 0.350. The Balaban J connectivity index is 1.76. The molecular weight excluding hydrogens is 418 g/mol. The van der Waals surface area contributed by atoms with Crippen molar-refractivity contribution in [3.8, 4) is 5.69 Å². The molecule has 5 nitrogen and oxygen atoms in total. The van der Waals surface area contributed by atoms with Crippen LogP contribution in [-0.2, 0) is 11.2 Å². The summed E-state index contributed by atoms with van der Waals surface area (Å²) >= 11 is 1.63. The first-order chi connectivity index (χ1) is 15.4. The van der Waals surface area contributed by atoms with Gasteiger partial charge in [-0.3, -0.25) is 4.57 Å². The predicted octanol–water partition coefficient (Wildman–Crippen LogP) is 5.97. The Morgan fingerprint density at radius 2 is 1.94 bits per heavy atom. The van der Waals surface area contributed by atoms with Gasteiger partial charge in [0.1, 0.15) is 11.3 Å². The molecular formula is C26H23N3O2S. The molecule has 0 unspecified atom stereocenters. The number of rotatable bonds is 3. The van der Waals surface area contributed by atoms with Crippen LogP contribution in [0, 0.1) is 20.8 Å². The third-order valence-electron chi connectivity index (χ3n) is 5.86. The zero-order chi connectivity index (χ0) is 22.6. The Labute approximate surface area is 190 Å². The molecule has 0 atom stereocenters. The maximum absolute atomic E-state index is 11.7. The molecule has 4 aromatic rings. The molecule has 0 bridgehead atoms. The summed E-state index contributed by atoms with van der Waals surface area (Å²) in [5.41, 5.74) is 9.54. The Morgan fingerprint density at radius 3 is 2.69 bits per heavy atom. The minimum absolute atomic E-state index is 0.744. The minimum atomic E-state index is -0.947. The predicted molar refractivity (Wildman–Crippen MR) is 130 cm³/mol. The van der Waals surface area contributed by atoms with Crippen molar-refractivity contribution < 1.29 is 9.90 Å². The van der Waals surface area contributed by atoms with E-state index in [4.69, 9.17) is 9.97 Å². The lowest BCUT2D eigenvalue weighted by Crippen LogP contribution is -2.03. The number of carbonyl (C=O) groups is 1. The summed E-state index contributed by atoms with van der Waals surface area (Å²) in [6.45, 7) is 8.19. The largest absolute Gasteiger partial charge is 0.478 e. The molecule has 1 aliphatic carbocycles. The smallest absolute Gasteiger partial charge is 0.328 e. The van der Waals surface area contributed by atoms with Crippen LogP contribution in [0.4, 0.5) is 0 Å². The number of aryl methyl sites for hydroxylation is 4. The maximum atomic E-state index is 11.7. The van der Waals surface area contributed by atoms with E-state index in [9.17, 15) is 9.90 Å². The van der Waals surface area contributed by atoms with Gasteiger partial charge in [0.25, 0.3) is 0 Å². The van der Waals surface area contributed by atoms with Crippen LogP contribution in [0.2, 0.25) is 0 Å². The normalized spacial score (nSPS) is 13.9. The SMILES string of the molecule is CCc1nc2c(C)cc(C)nc2n1-c1ccc2c(c1)C=Cc1scc(C)c1C2=CC(=O)O. The van der Waals surface area contributed by atoms with Crippen LogP contribution >= 0.6 is 11.3 Å². The van der Waals surface area contributed by atoms with E-state index in [1.807, 2.05) is 26.0 Å². The van der Waals surface area contributed by atoms with Gasteiger partial charge in [-0.05, 0) is 78.3 Å². The Bertz CT molecular complexity index is 1470. The maximum Gasteiger partial charge on any atom is 0.328 e. The molecule has 0 fully saturated rings. The molecule has 32 heavy (non-hydrogen) atoms. The molecule has 3 heterocycles. The number of hydrogen-bond donors (Lipinski definition) is 1. The first-order valence-corrected chi connectivity index (χ1v) is 11.5. The van der Waals surface area contributed by atoms with Gasteiger partial charge in [-0.25, -0.2) is 14.8 Å². The second-order valence-corrected chi connectivity index (χ2v) is 9.04. The first kappa shape index (κ1) is 20.4. The summed E-state index contributed by atoms with van der Waals surface area (Å²) in [6.07, 6.45) is 6.26. The van der Waals surface area contributed by atoms with Gasteiger partial charge in [0.2, 0.25) is 0 Å². The topological polar surface area (TPSA) is 68.0 Å². The number of aliphatic carboxylic acids is 1. The van der Waals surface area contributed by atoms with Crippen LogP contribution in [0.25, 0.3) is 34.6 Å². The fourth-order valence-corrected chi connectivity index (χ4v) is 5.45. The van der Waals surface area contributed by atoms with Crippen LogP contribution in [0.3, 0.4) is 0 Å². The Hall–Kier alpha value is -3.51. The molecule has 0 saturated carbocycles. The highest BCUT2D eigenvalue weighted by Crippen LogP contribution is 2.39. The first-order valence-electron chi connectivity index (χ1n) is 10.6. The van der Waals surface area contributed by atoms with Gasteiger partial charge in [-0.15, -0.1) is 11.3 Å². The molecule has 1 aliphatic rings. The van der Waals surface area contributed by atoms with E-state index in [1.54, 1.807) is 11.3 Å². The van der Waals surface area contributed by atoms with E-state index >= 15 is 0 Å². The molecule has 0 saturated heterocycles. The third kappa shape index (κ3) is 3.19. The van der Waals surface area contributed by atoms with Crippen LogP contribution in [0.15, 0.2) is 35.7 Å². The van der Waals surface area contributed by atoms with Crippen LogP contribution in [0.1, 0.15) is 51.1 Å². The molecule has 5 rings (SSSR count). The van der Waals surface area contributed by atoms with E-state index in [0.717, 1.165) is 73.1 Å². The van der Waals surface area contributed by atoms with Crippen molar-refractivity contribution in [1.82, 2.24) is 14.5 Å². The lowest BCUT2D eigenvalue weighted by atomic mass is 9.93. The van der Waals surface area contributed by atoms with E-state index in [2.05, 4.69) is 48.1 Å². The molecule has 1 aromatic carbocycles. The van der Waals surface area contributed by atoms with E-state index < -0.39 is 5.97 Å². The highest BCUT2D eigenvalue weighted by Gasteiger charge is 2.21. The molecule has 0 spiro atoms. The standard InChI is InChI=1S/C26H23N3O2S/c1-5-22-28-25-14(2)10-16(4)27-26(25)29(22)18-7-8-19-17(11-18)6-9-21-24(15(3)13-32-21)20(19)12-23(30)31/h6-13H,5H2,1-4H3,(H,30,31). The zero-order valence-corrected chi connectivity index (χ0v) is 19.2. The molecule has 0 radical (unpaired) electrons. The van der Waals surface area contributed by atoms with Gasteiger partial charge in [0.05, 0.1) is 0 Å². The van der Waals surface area contributed by atoms with Gasteiger partial charge in [0.15, 0.2) is 5.65 Å². The average molecular weight is 442 g/mol. The fourth-order valence-electron chi connectivity index (χ4n) is 4.49. The summed E-state index contributed by atoms with van der Waals surface area (Å²) in [5.74, 6) is 0.00695. The third-order valence-corrected chi connectivity index (χ3v) is 6.92. The van der Waals surface area contributed by atoms with Crippen molar-refractivity contribution in [2.24, 2.45) is 0 Å². The van der Waals surface area contributed by atoms with Crippen LogP contribution in [0.5, 0.6) is 0 Å². The van der Waals surface area contributed by atoms with Gasteiger partial charge in [0, 0.05) is 34.3 Å². The molecule has 1 N–H and O–H groups in total. The molecule has 0 amide bonds. The van der Waals surface area contributed by atoms with Crippen molar-refractivity contribution in [1.29, 1.82) is 0 Å². The van der Waals surface area contributed by atoms with E-state index in [0.29, 0.717) is 0 Å². The monoisotopic (exact) mass is 441 g/mol. The number of imidazole rings is 1. The molecule has 160 valence electrons. The minimum Gasteiger partial charge on any atom is -0.478 e. The van der Waals surface area contributed by atoms with Gasteiger partial charge in [-0.1, -0.05) is 19.1 Å². The van der Waals surface area contributed by atoms with Crippen molar-refractivity contribution in [2.75, 3.05) is 0 Å². The average Bonchev–Trinajstić information content (AvgIpc) is 3.26. The number of pyridine rings is 1. The molecule has 0 aliphatic heterocycles. The second kappa shape index (κ2) is 7.57. The van der Waals surface area contributed by atoms with E-state index in [1.165, 1.54) is 6.08 Å². The lowest BCUT2D eigenvalue weighted by Gasteiger charge is -2.14. The second-order valence-electron chi connectivity index (χ2n) is 8.13. The summed E-state index contributed by atoms with van der Waals surface area (Å²) in [4.78, 5) is 22.4. The van der Waals surface area contributed by atoms with Crippen LogP contribution in [-0.4, -0.2) is 25.6 Å². The van der Waals surface area contributed by atoms with Crippen LogP contribution < -0.4 is 0 Å². The molecule has 6 heteroatoms. The Kier molecular flexibility index (Phi) is 4.82. The molecule has 3 aromatic heterocycles. The number of nitrogens with zero attached hydrogens (tertiary/aromatic N) is 3. The van der Waals surface area contributed by atoms with Gasteiger partial charge in [-0.2, -0.15) is 0 Å². The Morgan fingerprint density at radius 1 is 1.12 bits per heavy atom. The van der Waals surface area contributed by atoms with Gasteiger partial charge < -0.3 is 5.11 Å². The summed E-state index contributed by atoms with van der Waals surface area (Å²) in [6, 6.07) is 8.22. The highest BCUT2D eigenvalue weighted by molar-refractivity contribution is 7.11. The zero-order valence-electron chi connectivity index (χ0n) is 18.4. The number of thiophene rings is 1. The summed E-state index contributed by atoms with van der Waals surface area (Å²) in [7, 11) is 0. The van der Waals surface area contributed by atoms with Gasteiger partial charge >= 0.3 is 5.97 Å². The van der Waals surface area contributed by atoms with Crippen molar-refractivity contribution in [3.63, 3.8) is 0 Å².